The van der Waals surface area contributed by atoms with E-state index in [9.17, 15) is 14.9 Å². The van der Waals surface area contributed by atoms with Gasteiger partial charge in [-0.15, -0.1) is 0 Å². The van der Waals surface area contributed by atoms with Crippen LogP contribution in [0.2, 0.25) is 0 Å². The standard InChI is InChI=1S/C14H16N4O4/c1-3-21-13(19)9-5-8(6-15)12(17)18-11(9)10(7-16)14(20)22-4-2/h8,10H,3-5H2,1-2H3,(H2,17,18). The van der Waals surface area contributed by atoms with Crippen LogP contribution in [-0.4, -0.2) is 31.0 Å². The van der Waals surface area contributed by atoms with Gasteiger partial charge < -0.3 is 15.2 Å². The van der Waals surface area contributed by atoms with Crippen molar-refractivity contribution in [2.45, 2.75) is 20.3 Å². The molecule has 22 heavy (non-hydrogen) atoms. The molecule has 0 amide bonds. The van der Waals surface area contributed by atoms with Crippen LogP contribution < -0.4 is 5.73 Å². The number of carbonyl (C=O) groups is 2. The molecule has 0 saturated carbocycles. The Labute approximate surface area is 127 Å². The van der Waals surface area contributed by atoms with Crippen LogP contribution in [0.15, 0.2) is 16.3 Å². The number of hydrogen-bond acceptors (Lipinski definition) is 8. The number of amidine groups is 1. The van der Waals surface area contributed by atoms with Crippen LogP contribution in [0.5, 0.6) is 0 Å². The number of hydrogen-bond donors (Lipinski definition) is 1. The lowest BCUT2D eigenvalue weighted by Gasteiger charge is -2.21. The zero-order chi connectivity index (χ0) is 16.7. The van der Waals surface area contributed by atoms with E-state index in [0.717, 1.165) is 0 Å². The van der Waals surface area contributed by atoms with E-state index in [-0.39, 0.29) is 36.7 Å². The predicted octanol–water partition coefficient (Wildman–Crippen LogP) is 0.407. The Kier molecular flexibility index (Phi) is 6.09. The van der Waals surface area contributed by atoms with Crippen LogP contribution in [-0.2, 0) is 19.1 Å². The van der Waals surface area contributed by atoms with Crippen molar-refractivity contribution in [1.82, 2.24) is 0 Å². The van der Waals surface area contributed by atoms with Gasteiger partial charge in [-0.3, -0.25) is 4.79 Å². The number of ether oxygens (including phenoxy) is 2. The summed E-state index contributed by atoms with van der Waals surface area (Å²) in [6.45, 7) is 3.41. The highest BCUT2D eigenvalue weighted by atomic mass is 16.5. The Balaban J connectivity index is 3.33. The molecule has 1 heterocycles. The first-order valence-corrected chi connectivity index (χ1v) is 6.70. The van der Waals surface area contributed by atoms with Crippen LogP contribution >= 0.6 is 0 Å². The largest absolute Gasteiger partial charge is 0.465 e. The summed E-state index contributed by atoms with van der Waals surface area (Å²) in [6, 6.07) is 3.67. The van der Waals surface area contributed by atoms with Gasteiger partial charge in [0.2, 0.25) is 0 Å². The second kappa shape index (κ2) is 7.79. The lowest BCUT2D eigenvalue weighted by atomic mass is 9.90. The Morgan fingerprint density at radius 2 is 2.00 bits per heavy atom. The molecular formula is C14H16N4O4. The first kappa shape index (κ1) is 17.2. The Morgan fingerprint density at radius 3 is 2.50 bits per heavy atom. The van der Waals surface area contributed by atoms with Gasteiger partial charge in [-0.1, -0.05) is 0 Å². The van der Waals surface area contributed by atoms with Gasteiger partial charge in [-0.25, -0.2) is 9.79 Å². The summed E-state index contributed by atoms with van der Waals surface area (Å²) in [5, 5.41) is 18.2. The SMILES string of the molecule is CCOC(=O)C1=C(C(C#N)C(=O)OCC)N=C(N)C(C#N)C1. The summed E-state index contributed by atoms with van der Waals surface area (Å²) in [6.07, 6.45) is -0.0580. The fourth-order valence-corrected chi connectivity index (χ4v) is 1.91. The molecule has 0 aliphatic carbocycles. The summed E-state index contributed by atoms with van der Waals surface area (Å²) in [4.78, 5) is 27.8. The zero-order valence-corrected chi connectivity index (χ0v) is 12.3. The molecule has 2 N–H and O–H groups in total. The summed E-state index contributed by atoms with van der Waals surface area (Å²) in [5.74, 6) is -3.79. The second-order valence-corrected chi connectivity index (χ2v) is 4.32. The molecule has 0 saturated heterocycles. The van der Waals surface area contributed by atoms with Crippen molar-refractivity contribution in [1.29, 1.82) is 10.5 Å². The van der Waals surface area contributed by atoms with E-state index < -0.39 is 23.8 Å². The number of nitrogens with zero attached hydrogens (tertiary/aromatic N) is 3. The minimum Gasteiger partial charge on any atom is -0.465 e. The highest BCUT2D eigenvalue weighted by molar-refractivity contribution is 5.97. The molecule has 0 aromatic rings. The number of nitriles is 2. The molecule has 0 spiro atoms. The van der Waals surface area contributed by atoms with Crippen molar-refractivity contribution in [3.8, 4) is 12.1 Å². The minimum atomic E-state index is -1.39. The van der Waals surface area contributed by atoms with Crippen molar-refractivity contribution in [3.05, 3.63) is 11.3 Å². The third-order valence-electron chi connectivity index (χ3n) is 2.93. The van der Waals surface area contributed by atoms with Crippen LogP contribution in [0.1, 0.15) is 20.3 Å². The van der Waals surface area contributed by atoms with E-state index in [1.54, 1.807) is 19.9 Å². The maximum absolute atomic E-state index is 12.0. The summed E-state index contributed by atoms with van der Waals surface area (Å²) in [7, 11) is 0. The van der Waals surface area contributed by atoms with Gasteiger partial charge in [0.1, 0.15) is 11.8 Å². The monoisotopic (exact) mass is 304 g/mol. The summed E-state index contributed by atoms with van der Waals surface area (Å²) < 4.78 is 9.70. The predicted molar refractivity (Wildman–Crippen MR) is 74.7 cm³/mol. The van der Waals surface area contributed by atoms with Crippen molar-refractivity contribution in [2.24, 2.45) is 22.6 Å². The van der Waals surface area contributed by atoms with Crippen LogP contribution in [0.3, 0.4) is 0 Å². The molecule has 8 nitrogen and oxygen atoms in total. The molecule has 2 atom stereocenters. The molecule has 0 fully saturated rings. The molecule has 0 aromatic carbocycles. The van der Waals surface area contributed by atoms with Gasteiger partial charge in [0.05, 0.1) is 36.6 Å². The van der Waals surface area contributed by atoms with Gasteiger partial charge >= 0.3 is 11.9 Å². The van der Waals surface area contributed by atoms with Crippen molar-refractivity contribution in [2.75, 3.05) is 13.2 Å². The quantitative estimate of drug-likeness (QED) is 0.725. The highest BCUT2D eigenvalue weighted by Crippen LogP contribution is 2.29. The molecule has 1 rings (SSSR count). The molecule has 0 radical (unpaired) electrons. The van der Waals surface area contributed by atoms with Crippen molar-refractivity contribution in [3.63, 3.8) is 0 Å². The molecular weight excluding hydrogens is 288 g/mol. The van der Waals surface area contributed by atoms with Crippen LogP contribution in [0.4, 0.5) is 0 Å². The van der Waals surface area contributed by atoms with E-state index in [4.69, 9.17) is 20.5 Å². The summed E-state index contributed by atoms with van der Waals surface area (Å²) in [5.41, 5.74) is 5.56. The minimum absolute atomic E-state index is 0.00204. The maximum Gasteiger partial charge on any atom is 0.335 e. The highest BCUT2D eigenvalue weighted by Gasteiger charge is 2.35. The number of nitrogens with two attached hydrogens (primary N) is 1. The fourth-order valence-electron chi connectivity index (χ4n) is 1.91. The van der Waals surface area contributed by atoms with Crippen molar-refractivity contribution >= 4 is 17.8 Å². The van der Waals surface area contributed by atoms with E-state index in [0.29, 0.717) is 0 Å². The smallest absolute Gasteiger partial charge is 0.335 e. The van der Waals surface area contributed by atoms with Crippen LogP contribution in [0.25, 0.3) is 0 Å². The number of aliphatic imine (C=N–C) groups is 1. The lowest BCUT2D eigenvalue weighted by Crippen LogP contribution is -2.32. The third-order valence-corrected chi connectivity index (χ3v) is 2.93. The van der Waals surface area contributed by atoms with Crippen molar-refractivity contribution < 1.29 is 19.1 Å². The van der Waals surface area contributed by atoms with E-state index in [1.807, 2.05) is 6.07 Å². The molecule has 8 heteroatoms. The lowest BCUT2D eigenvalue weighted by molar-refractivity contribution is -0.144. The molecule has 0 bridgehead atoms. The fraction of sp³-hybridized carbons (Fsp3) is 0.500. The first-order valence-electron chi connectivity index (χ1n) is 6.70. The Morgan fingerprint density at radius 1 is 1.36 bits per heavy atom. The van der Waals surface area contributed by atoms with Gasteiger partial charge in [-0.05, 0) is 13.8 Å². The first-order chi connectivity index (χ1) is 10.5. The Hall–Kier alpha value is -2.87. The normalized spacial score (nSPS) is 18.5. The molecule has 1 aliphatic heterocycles. The topological polar surface area (TPSA) is 139 Å². The molecule has 2 unspecified atom stereocenters. The van der Waals surface area contributed by atoms with E-state index in [2.05, 4.69) is 4.99 Å². The van der Waals surface area contributed by atoms with Crippen LogP contribution in [0, 0.1) is 34.5 Å². The van der Waals surface area contributed by atoms with E-state index >= 15 is 0 Å². The van der Waals surface area contributed by atoms with Gasteiger partial charge in [0, 0.05) is 6.42 Å². The molecule has 1 aliphatic rings. The summed E-state index contributed by atoms with van der Waals surface area (Å²) >= 11 is 0. The van der Waals surface area contributed by atoms with E-state index in [1.165, 1.54) is 0 Å². The molecule has 0 aromatic heterocycles. The number of carbonyl (C=O) groups excluding carboxylic acids is 2. The van der Waals surface area contributed by atoms with Gasteiger partial charge in [0.25, 0.3) is 0 Å². The average molecular weight is 304 g/mol. The number of esters is 2. The van der Waals surface area contributed by atoms with Gasteiger partial charge in [-0.2, -0.15) is 10.5 Å². The molecule has 116 valence electrons. The third kappa shape index (κ3) is 3.61. The maximum atomic E-state index is 12.0. The zero-order valence-electron chi connectivity index (χ0n) is 12.3. The second-order valence-electron chi connectivity index (χ2n) is 4.32. The number of rotatable bonds is 5. The Bertz CT molecular complexity index is 609. The van der Waals surface area contributed by atoms with Gasteiger partial charge in [0.15, 0.2) is 5.92 Å². The average Bonchev–Trinajstić information content (AvgIpc) is 2.48.